The van der Waals surface area contributed by atoms with Crippen molar-refractivity contribution in [2.75, 3.05) is 17.2 Å². The molecule has 0 fully saturated rings. The van der Waals surface area contributed by atoms with Gasteiger partial charge in [-0.3, -0.25) is 14.6 Å². The SMILES string of the molecule is CCc1[nH]n(CCS(=O)(=O)CC)c(=O)c1N. The fourth-order valence-corrected chi connectivity index (χ4v) is 2.10. The molecule has 16 heavy (non-hydrogen) atoms. The van der Waals surface area contributed by atoms with Crippen LogP contribution in [0.4, 0.5) is 5.69 Å². The summed E-state index contributed by atoms with van der Waals surface area (Å²) in [6.07, 6.45) is 0.620. The van der Waals surface area contributed by atoms with E-state index in [0.29, 0.717) is 12.1 Å². The van der Waals surface area contributed by atoms with E-state index in [1.165, 1.54) is 4.68 Å². The van der Waals surface area contributed by atoms with E-state index in [9.17, 15) is 13.2 Å². The van der Waals surface area contributed by atoms with Gasteiger partial charge < -0.3 is 5.73 Å². The molecule has 0 saturated heterocycles. The first-order valence-electron chi connectivity index (χ1n) is 5.18. The predicted octanol–water partition coefficient (Wildman–Crippen LogP) is -0.244. The van der Waals surface area contributed by atoms with Gasteiger partial charge in [-0.1, -0.05) is 13.8 Å². The van der Waals surface area contributed by atoms with Gasteiger partial charge in [0.1, 0.15) is 5.69 Å². The zero-order valence-electron chi connectivity index (χ0n) is 9.49. The van der Waals surface area contributed by atoms with Gasteiger partial charge in [0, 0.05) is 5.75 Å². The van der Waals surface area contributed by atoms with Crippen molar-refractivity contribution in [3.8, 4) is 0 Å². The second-order valence-electron chi connectivity index (χ2n) is 3.55. The molecule has 1 aromatic rings. The van der Waals surface area contributed by atoms with Crippen LogP contribution in [0.5, 0.6) is 0 Å². The third-order valence-corrected chi connectivity index (χ3v) is 4.17. The molecule has 0 atom stereocenters. The standard InChI is InChI=1S/C9H17N3O3S/c1-3-7-8(10)9(13)12(11-7)5-6-16(14,15)4-2/h11H,3-6,10H2,1-2H3. The number of nitrogens with two attached hydrogens (primary N) is 1. The fourth-order valence-electron chi connectivity index (χ4n) is 1.35. The third kappa shape index (κ3) is 2.66. The number of aryl methyl sites for hydroxylation is 2. The van der Waals surface area contributed by atoms with Crippen molar-refractivity contribution in [3.05, 3.63) is 16.0 Å². The Morgan fingerprint density at radius 2 is 2.00 bits per heavy atom. The minimum atomic E-state index is -3.07. The summed E-state index contributed by atoms with van der Waals surface area (Å²) >= 11 is 0. The van der Waals surface area contributed by atoms with E-state index in [2.05, 4.69) is 5.10 Å². The molecule has 0 saturated carbocycles. The van der Waals surface area contributed by atoms with Gasteiger partial charge in [0.2, 0.25) is 0 Å². The number of hydrogen-bond acceptors (Lipinski definition) is 4. The maximum atomic E-state index is 11.6. The molecule has 0 radical (unpaired) electrons. The lowest BCUT2D eigenvalue weighted by Gasteiger charge is -2.01. The minimum Gasteiger partial charge on any atom is -0.393 e. The minimum absolute atomic E-state index is 0.0491. The molecule has 0 bridgehead atoms. The Hall–Kier alpha value is -1.24. The summed E-state index contributed by atoms with van der Waals surface area (Å²) in [6, 6.07) is 0. The molecule has 1 rings (SSSR count). The number of anilines is 1. The van der Waals surface area contributed by atoms with Gasteiger partial charge in [-0.05, 0) is 6.42 Å². The molecule has 0 aliphatic rings. The van der Waals surface area contributed by atoms with Gasteiger partial charge in [-0.25, -0.2) is 8.42 Å². The van der Waals surface area contributed by atoms with Gasteiger partial charge in [-0.15, -0.1) is 0 Å². The Labute approximate surface area is 94.4 Å². The van der Waals surface area contributed by atoms with Crippen molar-refractivity contribution in [1.29, 1.82) is 0 Å². The van der Waals surface area contributed by atoms with Crippen molar-refractivity contribution in [1.82, 2.24) is 9.78 Å². The van der Waals surface area contributed by atoms with Gasteiger partial charge in [0.15, 0.2) is 9.84 Å². The number of aromatic amines is 1. The van der Waals surface area contributed by atoms with Crippen molar-refractivity contribution in [2.24, 2.45) is 0 Å². The van der Waals surface area contributed by atoms with E-state index in [1.54, 1.807) is 6.92 Å². The lowest BCUT2D eigenvalue weighted by Crippen LogP contribution is -2.23. The Morgan fingerprint density at radius 1 is 1.38 bits per heavy atom. The van der Waals surface area contributed by atoms with Crippen LogP contribution in [0, 0.1) is 0 Å². The van der Waals surface area contributed by atoms with Gasteiger partial charge in [-0.2, -0.15) is 0 Å². The largest absolute Gasteiger partial charge is 0.393 e. The highest BCUT2D eigenvalue weighted by Crippen LogP contribution is 2.03. The highest BCUT2D eigenvalue weighted by atomic mass is 32.2. The van der Waals surface area contributed by atoms with Crippen molar-refractivity contribution in [3.63, 3.8) is 0 Å². The monoisotopic (exact) mass is 247 g/mol. The lowest BCUT2D eigenvalue weighted by atomic mass is 10.3. The topological polar surface area (TPSA) is 98.0 Å². The third-order valence-electron chi connectivity index (χ3n) is 2.49. The van der Waals surface area contributed by atoms with Crippen LogP contribution in [0.15, 0.2) is 4.79 Å². The van der Waals surface area contributed by atoms with E-state index >= 15 is 0 Å². The zero-order chi connectivity index (χ0) is 12.3. The fraction of sp³-hybridized carbons (Fsp3) is 0.667. The summed E-state index contributed by atoms with van der Waals surface area (Å²) in [5, 5.41) is 2.81. The molecule has 0 amide bonds. The molecule has 0 aliphatic heterocycles. The van der Waals surface area contributed by atoms with Crippen LogP contribution in [-0.4, -0.2) is 29.7 Å². The zero-order valence-corrected chi connectivity index (χ0v) is 10.3. The molecule has 3 N–H and O–H groups in total. The molecule has 7 heteroatoms. The number of nitrogens with one attached hydrogen (secondary N) is 1. The van der Waals surface area contributed by atoms with E-state index in [1.807, 2.05) is 6.92 Å². The van der Waals surface area contributed by atoms with Gasteiger partial charge >= 0.3 is 0 Å². The molecular weight excluding hydrogens is 230 g/mol. The molecule has 0 aliphatic carbocycles. The van der Waals surface area contributed by atoms with Gasteiger partial charge in [0.05, 0.1) is 18.0 Å². The van der Waals surface area contributed by atoms with Crippen molar-refractivity contribution < 1.29 is 8.42 Å². The second-order valence-corrected chi connectivity index (χ2v) is 6.02. The molecule has 92 valence electrons. The normalized spacial score (nSPS) is 11.9. The first-order chi connectivity index (χ1) is 7.41. The van der Waals surface area contributed by atoms with E-state index in [4.69, 9.17) is 5.73 Å². The summed E-state index contributed by atoms with van der Waals surface area (Å²) in [7, 11) is -3.07. The van der Waals surface area contributed by atoms with Crippen LogP contribution >= 0.6 is 0 Å². The number of sulfone groups is 1. The van der Waals surface area contributed by atoms with Crippen LogP contribution in [-0.2, 0) is 22.8 Å². The van der Waals surface area contributed by atoms with Crippen molar-refractivity contribution in [2.45, 2.75) is 26.8 Å². The summed E-state index contributed by atoms with van der Waals surface area (Å²) < 4.78 is 23.8. The van der Waals surface area contributed by atoms with Crippen LogP contribution in [0.2, 0.25) is 0 Å². The van der Waals surface area contributed by atoms with Crippen LogP contribution in [0.25, 0.3) is 0 Å². The molecule has 1 aromatic heterocycles. The average molecular weight is 247 g/mol. The summed E-state index contributed by atoms with van der Waals surface area (Å²) in [5.74, 6) is 0.0328. The number of aromatic nitrogens is 2. The first kappa shape index (κ1) is 12.8. The van der Waals surface area contributed by atoms with Crippen molar-refractivity contribution >= 4 is 15.5 Å². The van der Waals surface area contributed by atoms with Gasteiger partial charge in [0.25, 0.3) is 5.56 Å². The highest BCUT2D eigenvalue weighted by molar-refractivity contribution is 7.91. The predicted molar refractivity (Wildman–Crippen MR) is 63.2 cm³/mol. The van der Waals surface area contributed by atoms with Crippen LogP contribution in [0.3, 0.4) is 0 Å². The molecule has 6 nitrogen and oxygen atoms in total. The number of hydrogen-bond donors (Lipinski definition) is 2. The Bertz CT molecular complexity index is 513. The molecule has 0 unspecified atom stereocenters. The highest BCUT2D eigenvalue weighted by Gasteiger charge is 2.12. The van der Waals surface area contributed by atoms with E-state index < -0.39 is 9.84 Å². The summed E-state index contributed by atoms with van der Waals surface area (Å²) in [4.78, 5) is 11.6. The second kappa shape index (κ2) is 4.73. The summed E-state index contributed by atoms with van der Waals surface area (Å²) in [5.41, 5.74) is 6.06. The molecule has 0 aromatic carbocycles. The van der Waals surface area contributed by atoms with Crippen LogP contribution in [0.1, 0.15) is 19.5 Å². The Kier molecular flexibility index (Phi) is 3.79. The average Bonchev–Trinajstić information content (AvgIpc) is 2.53. The Balaban J connectivity index is 2.88. The first-order valence-corrected chi connectivity index (χ1v) is 7.01. The Morgan fingerprint density at radius 3 is 2.44 bits per heavy atom. The molecule has 0 spiro atoms. The molecular formula is C9H17N3O3S. The maximum Gasteiger partial charge on any atom is 0.289 e. The quantitative estimate of drug-likeness (QED) is 0.750. The number of nitrogens with zero attached hydrogens (tertiary/aromatic N) is 1. The maximum absolute atomic E-state index is 11.6. The van der Waals surface area contributed by atoms with E-state index in [-0.39, 0.29) is 29.3 Å². The number of H-pyrrole nitrogens is 1. The smallest absolute Gasteiger partial charge is 0.289 e. The van der Waals surface area contributed by atoms with E-state index in [0.717, 1.165) is 0 Å². The summed E-state index contributed by atoms with van der Waals surface area (Å²) in [6.45, 7) is 3.58. The lowest BCUT2D eigenvalue weighted by molar-refractivity contribution is 0.576. The molecule has 1 heterocycles. The number of rotatable bonds is 5. The number of nitrogen functional groups attached to an aromatic ring is 1. The van der Waals surface area contributed by atoms with Crippen LogP contribution < -0.4 is 11.3 Å².